The molecule has 0 amide bonds. The predicted octanol–water partition coefficient (Wildman–Crippen LogP) is 3.48. The van der Waals surface area contributed by atoms with Gasteiger partial charge in [0.05, 0.1) is 21.0 Å². The molecule has 0 spiro atoms. The Kier molecular flexibility index (Phi) is 8.01. The topological polar surface area (TPSA) is 78.9 Å². The maximum absolute atomic E-state index is 12.4. The molecule has 3 rings (SSSR count). The summed E-state index contributed by atoms with van der Waals surface area (Å²) in [6, 6.07) is 11.9. The van der Waals surface area contributed by atoms with E-state index in [1.54, 1.807) is 36.4 Å². The number of nitrogens with zero attached hydrogens (tertiary/aromatic N) is 1. The van der Waals surface area contributed by atoms with Crippen LogP contribution in [0.5, 0.6) is 5.75 Å². The van der Waals surface area contributed by atoms with E-state index in [9.17, 15) is 13.5 Å². The van der Waals surface area contributed by atoms with Crippen LogP contribution in [0, 0.1) is 6.92 Å². The lowest BCUT2D eigenvalue weighted by molar-refractivity contribution is 0.0630. The van der Waals surface area contributed by atoms with Gasteiger partial charge in [0.25, 0.3) is 0 Å². The number of hydrogen-bond donors (Lipinski definition) is 2. The van der Waals surface area contributed by atoms with Gasteiger partial charge in [0.15, 0.2) is 0 Å². The Morgan fingerprint density at radius 2 is 1.90 bits per heavy atom. The minimum Gasteiger partial charge on any atom is -0.490 e. The number of sulfonamides is 1. The number of piperidine rings is 1. The number of halogens is 2. The second-order valence-electron chi connectivity index (χ2n) is 7.52. The second-order valence-corrected chi connectivity index (χ2v) is 10.1. The van der Waals surface area contributed by atoms with E-state index in [0.29, 0.717) is 22.3 Å². The zero-order chi connectivity index (χ0) is 21.7. The van der Waals surface area contributed by atoms with Crippen LogP contribution in [-0.2, 0) is 10.0 Å². The van der Waals surface area contributed by atoms with E-state index in [-0.39, 0.29) is 17.5 Å². The van der Waals surface area contributed by atoms with Crippen LogP contribution < -0.4 is 9.46 Å². The molecular weight excluding hydrogens is 447 g/mol. The third kappa shape index (κ3) is 6.57. The Hall–Kier alpha value is -1.35. The van der Waals surface area contributed by atoms with Crippen LogP contribution in [0.4, 0.5) is 0 Å². The molecule has 0 saturated carbocycles. The number of aryl methyl sites for hydroxylation is 1. The number of aliphatic hydroxyl groups excluding tert-OH is 1. The first-order valence-electron chi connectivity index (χ1n) is 9.81. The fraction of sp³-hybridized carbons (Fsp3) is 0.429. The van der Waals surface area contributed by atoms with Crippen LogP contribution in [-0.4, -0.2) is 56.8 Å². The second kappa shape index (κ2) is 10.3. The minimum absolute atomic E-state index is 0.0318. The van der Waals surface area contributed by atoms with Gasteiger partial charge in [-0.1, -0.05) is 35.3 Å². The van der Waals surface area contributed by atoms with Gasteiger partial charge in [-0.15, -0.1) is 0 Å². The highest BCUT2D eigenvalue weighted by atomic mass is 35.5. The van der Waals surface area contributed by atoms with Gasteiger partial charge in [0, 0.05) is 32.2 Å². The van der Waals surface area contributed by atoms with Gasteiger partial charge in [-0.05, 0) is 49.6 Å². The molecule has 6 nitrogen and oxygen atoms in total. The molecule has 1 aliphatic rings. The van der Waals surface area contributed by atoms with Crippen LogP contribution in [0.2, 0.25) is 10.0 Å². The Morgan fingerprint density at radius 1 is 1.17 bits per heavy atom. The van der Waals surface area contributed by atoms with E-state index < -0.39 is 16.1 Å². The van der Waals surface area contributed by atoms with Crippen molar-refractivity contribution in [2.24, 2.45) is 0 Å². The molecule has 1 heterocycles. The number of ether oxygens (including phenoxy) is 1. The molecule has 1 unspecified atom stereocenters. The predicted molar refractivity (Wildman–Crippen MR) is 119 cm³/mol. The fourth-order valence-corrected chi connectivity index (χ4v) is 4.85. The lowest BCUT2D eigenvalue weighted by Gasteiger charge is -2.33. The van der Waals surface area contributed by atoms with E-state index >= 15 is 0 Å². The molecule has 0 aromatic heterocycles. The molecule has 164 valence electrons. The average Bonchev–Trinajstić information content (AvgIpc) is 2.71. The lowest BCUT2D eigenvalue weighted by Crippen LogP contribution is -2.45. The number of hydrogen-bond acceptors (Lipinski definition) is 5. The van der Waals surface area contributed by atoms with Gasteiger partial charge in [-0.2, -0.15) is 0 Å². The van der Waals surface area contributed by atoms with Gasteiger partial charge in [0.2, 0.25) is 10.0 Å². The smallest absolute Gasteiger partial charge is 0.240 e. The lowest BCUT2D eigenvalue weighted by atomic mass is 10.1. The van der Waals surface area contributed by atoms with Crippen molar-refractivity contribution in [1.82, 2.24) is 9.62 Å². The standard InChI is InChI=1S/C21H26Cl2N2O4S/c1-15-3-2-4-19(11-15)30(27,28)24-13-16(26)14-25-9-7-17(8-10-25)29-18-5-6-20(22)21(23)12-18/h2-6,11-12,16-17,24,26H,7-10,13-14H2,1H3. The largest absolute Gasteiger partial charge is 0.490 e. The number of rotatable bonds is 8. The number of β-amino-alcohol motifs (C(OH)–C–C–N with tert-alkyl or cyclic N) is 1. The Labute approximate surface area is 187 Å². The average molecular weight is 473 g/mol. The van der Waals surface area contributed by atoms with Crippen LogP contribution in [0.3, 0.4) is 0 Å². The third-order valence-corrected chi connectivity index (χ3v) is 7.17. The molecule has 2 aromatic carbocycles. The van der Waals surface area contributed by atoms with E-state index in [1.165, 1.54) is 0 Å². The highest BCUT2D eigenvalue weighted by Crippen LogP contribution is 2.28. The van der Waals surface area contributed by atoms with E-state index in [4.69, 9.17) is 27.9 Å². The first kappa shape index (κ1) is 23.3. The number of aliphatic hydroxyl groups is 1. The first-order chi connectivity index (χ1) is 14.2. The molecule has 0 radical (unpaired) electrons. The van der Waals surface area contributed by atoms with Crippen molar-refractivity contribution in [2.75, 3.05) is 26.2 Å². The summed E-state index contributed by atoms with van der Waals surface area (Å²) in [5.74, 6) is 0.688. The van der Waals surface area contributed by atoms with Crippen molar-refractivity contribution in [1.29, 1.82) is 0 Å². The molecule has 2 N–H and O–H groups in total. The highest BCUT2D eigenvalue weighted by Gasteiger charge is 2.23. The molecule has 1 saturated heterocycles. The molecule has 9 heteroatoms. The van der Waals surface area contributed by atoms with Crippen LogP contribution in [0.25, 0.3) is 0 Å². The van der Waals surface area contributed by atoms with Crippen LogP contribution in [0.15, 0.2) is 47.4 Å². The van der Waals surface area contributed by atoms with Gasteiger partial charge in [-0.3, -0.25) is 0 Å². The first-order valence-corrected chi connectivity index (χ1v) is 12.1. The zero-order valence-corrected chi connectivity index (χ0v) is 19.1. The molecule has 1 aliphatic heterocycles. The monoisotopic (exact) mass is 472 g/mol. The van der Waals surface area contributed by atoms with Crippen molar-refractivity contribution in [3.63, 3.8) is 0 Å². The van der Waals surface area contributed by atoms with Crippen LogP contribution >= 0.6 is 23.2 Å². The summed E-state index contributed by atoms with van der Waals surface area (Å²) in [6.45, 7) is 3.72. The molecule has 1 atom stereocenters. The van der Waals surface area contributed by atoms with E-state index in [1.807, 2.05) is 13.0 Å². The maximum Gasteiger partial charge on any atom is 0.240 e. The van der Waals surface area contributed by atoms with Gasteiger partial charge >= 0.3 is 0 Å². The van der Waals surface area contributed by atoms with Gasteiger partial charge < -0.3 is 14.7 Å². The Morgan fingerprint density at radius 3 is 2.57 bits per heavy atom. The summed E-state index contributed by atoms with van der Waals surface area (Å²) in [4.78, 5) is 2.32. The van der Waals surface area contributed by atoms with E-state index in [0.717, 1.165) is 31.5 Å². The van der Waals surface area contributed by atoms with Crippen molar-refractivity contribution in [3.8, 4) is 5.75 Å². The Balaban J connectivity index is 1.42. The number of benzene rings is 2. The van der Waals surface area contributed by atoms with Crippen molar-refractivity contribution < 1.29 is 18.3 Å². The van der Waals surface area contributed by atoms with Crippen molar-refractivity contribution >= 4 is 33.2 Å². The third-order valence-electron chi connectivity index (χ3n) is 5.01. The normalized spacial score (nSPS) is 17.1. The summed E-state index contributed by atoms with van der Waals surface area (Å²) < 4.78 is 33.2. The quantitative estimate of drug-likeness (QED) is 0.614. The number of nitrogens with one attached hydrogen (secondary N) is 1. The molecule has 0 bridgehead atoms. The molecular formula is C21H26Cl2N2O4S. The van der Waals surface area contributed by atoms with Gasteiger partial charge in [0.1, 0.15) is 11.9 Å². The molecule has 0 aliphatic carbocycles. The molecule has 30 heavy (non-hydrogen) atoms. The zero-order valence-electron chi connectivity index (χ0n) is 16.7. The number of likely N-dealkylation sites (tertiary alicyclic amines) is 1. The minimum atomic E-state index is -3.64. The highest BCUT2D eigenvalue weighted by molar-refractivity contribution is 7.89. The SMILES string of the molecule is Cc1cccc(S(=O)(=O)NCC(O)CN2CCC(Oc3ccc(Cl)c(Cl)c3)CC2)c1. The summed E-state index contributed by atoms with van der Waals surface area (Å²) >= 11 is 11.9. The van der Waals surface area contributed by atoms with Gasteiger partial charge in [-0.25, -0.2) is 13.1 Å². The van der Waals surface area contributed by atoms with Crippen LogP contribution in [0.1, 0.15) is 18.4 Å². The Bertz CT molecular complexity index is 963. The maximum atomic E-state index is 12.4. The fourth-order valence-electron chi connectivity index (χ4n) is 3.39. The summed E-state index contributed by atoms with van der Waals surface area (Å²) in [7, 11) is -3.64. The van der Waals surface area contributed by atoms with Crippen molar-refractivity contribution in [3.05, 3.63) is 58.1 Å². The molecule has 1 fully saturated rings. The summed E-state index contributed by atoms with van der Waals surface area (Å²) in [5.41, 5.74) is 0.865. The van der Waals surface area contributed by atoms with E-state index in [2.05, 4.69) is 9.62 Å². The molecule has 2 aromatic rings. The van der Waals surface area contributed by atoms with Crippen molar-refractivity contribution in [2.45, 2.75) is 36.9 Å². The summed E-state index contributed by atoms with van der Waals surface area (Å²) in [5, 5.41) is 11.2. The summed E-state index contributed by atoms with van der Waals surface area (Å²) in [6.07, 6.45) is 0.886.